The van der Waals surface area contributed by atoms with Crippen LogP contribution in [0.15, 0.2) is 66.7 Å². The number of rotatable bonds is 4. The molecule has 0 atom stereocenters. The van der Waals surface area contributed by atoms with Crippen molar-refractivity contribution >= 4 is 63.3 Å². The summed E-state index contributed by atoms with van der Waals surface area (Å²) >= 11 is 7.23. The lowest BCUT2D eigenvalue weighted by molar-refractivity contribution is 0.0934. The number of hydrogen-bond donors (Lipinski definition) is 4. The molecule has 0 radical (unpaired) electrons. The van der Waals surface area contributed by atoms with Crippen LogP contribution in [-0.4, -0.2) is 22.8 Å². The molecule has 0 spiro atoms. The Labute approximate surface area is 210 Å². The maximum atomic E-state index is 12.3. The minimum atomic E-state index is -0.451. The number of anilines is 1. The van der Waals surface area contributed by atoms with Crippen molar-refractivity contribution in [3.63, 3.8) is 0 Å². The topological polar surface area (TPSA) is 99.3 Å². The normalized spacial score (nSPS) is 10.2. The number of amides is 3. The van der Waals surface area contributed by atoms with E-state index < -0.39 is 5.91 Å². The van der Waals surface area contributed by atoms with Crippen molar-refractivity contribution in [1.29, 1.82) is 0 Å². The molecule has 0 fully saturated rings. The Hall–Kier alpha value is -3.31. The molecule has 33 heavy (non-hydrogen) atoms. The molecule has 0 heterocycles. The standard InChI is InChI=1S/C24H21IN4O3S/c1-14-4-3-5-17(12-14)21(30)26-19-10-8-16(9-11-19)23(32)28-29-24(33)27-22(31)18-7-6-15(2)20(25)13-18/h3-13H,1-2H3,(H,26,30)(H,28,32)(H2,27,29,31,33). The predicted octanol–water partition coefficient (Wildman–Crippen LogP) is 4.11. The SMILES string of the molecule is Cc1cccc(C(=O)Nc2ccc(C(=O)NNC(=S)NC(=O)c3ccc(C)c(I)c3)cc2)c1. The van der Waals surface area contributed by atoms with Crippen LogP contribution in [0.3, 0.4) is 0 Å². The van der Waals surface area contributed by atoms with Gasteiger partial charge in [-0.2, -0.15) is 0 Å². The van der Waals surface area contributed by atoms with Gasteiger partial charge >= 0.3 is 0 Å². The first kappa shape index (κ1) is 24.3. The summed E-state index contributed by atoms with van der Waals surface area (Å²) in [5, 5.41) is 5.27. The van der Waals surface area contributed by atoms with E-state index in [0.29, 0.717) is 22.4 Å². The molecule has 3 amide bonds. The molecule has 0 saturated heterocycles. The van der Waals surface area contributed by atoms with E-state index >= 15 is 0 Å². The molecule has 7 nitrogen and oxygen atoms in total. The smallest absolute Gasteiger partial charge is 0.269 e. The van der Waals surface area contributed by atoms with Gasteiger partial charge in [-0.1, -0.05) is 23.8 Å². The number of benzene rings is 3. The number of aryl methyl sites for hydroxylation is 2. The molecule has 0 aliphatic carbocycles. The third-order valence-corrected chi connectivity index (χ3v) is 6.00. The largest absolute Gasteiger partial charge is 0.322 e. The predicted molar refractivity (Wildman–Crippen MR) is 140 cm³/mol. The highest BCUT2D eigenvalue weighted by atomic mass is 127. The molecule has 4 N–H and O–H groups in total. The van der Waals surface area contributed by atoms with E-state index in [1.54, 1.807) is 48.5 Å². The van der Waals surface area contributed by atoms with E-state index in [1.807, 2.05) is 32.0 Å². The monoisotopic (exact) mass is 572 g/mol. The van der Waals surface area contributed by atoms with Crippen molar-refractivity contribution in [1.82, 2.24) is 16.2 Å². The fraction of sp³-hybridized carbons (Fsp3) is 0.0833. The van der Waals surface area contributed by atoms with Crippen LogP contribution in [0, 0.1) is 17.4 Å². The summed E-state index contributed by atoms with van der Waals surface area (Å²) < 4.78 is 0.964. The Balaban J connectivity index is 1.50. The summed E-state index contributed by atoms with van der Waals surface area (Å²) in [5.74, 6) is -1.07. The number of hydrogen-bond acceptors (Lipinski definition) is 4. The number of nitrogens with one attached hydrogen (secondary N) is 4. The quantitative estimate of drug-likeness (QED) is 0.214. The van der Waals surface area contributed by atoms with E-state index in [-0.39, 0.29) is 16.9 Å². The van der Waals surface area contributed by atoms with E-state index in [2.05, 4.69) is 44.1 Å². The molecule has 168 valence electrons. The van der Waals surface area contributed by atoms with Crippen molar-refractivity contribution in [3.8, 4) is 0 Å². The van der Waals surface area contributed by atoms with Crippen molar-refractivity contribution in [2.24, 2.45) is 0 Å². The molecule has 0 bridgehead atoms. The number of carbonyl (C=O) groups is 3. The number of thiocarbonyl (C=S) groups is 1. The molecule has 0 aliphatic rings. The molecule has 0 unspecified atom stereocenters. The van der Waals surface area contributed by atoms with E-state index in [0.717, 1.165) is 14.7 Å². The van der Waals surface area contributed by atoms with E-state index in [4.69, 9.17) is 12.2 Å². The van der Waals surface area contributed by atoms with E-state index in [1.165, 1.54) is 0 Å². The third kappa shape index (κ3) is 6.83. The van der Waals surface area contributed by atoms with Crippen LogP contribution in [0.1, 0.15) is 42.2 Å². The van der Waals surface area contributed by atoms with Crippen LogP contribution < -0.4 is 21.5 Å². The second kappa shape index (κ2) is 11.0. The van der Waals surface area contributed by atoms with E-state index in [9.17, 15) is 14.4 Å². The van der Waals surface area contributed by atoms with Crippen molar-refractivity contribution in [2.45, 2.75) is 13.8 Å². The Bertz CT molecular complexity index is 1230. The lowest BCUT2D eigenvalue weighted by atomic mass is 10.1. The molecular formula is C24H21IN4O3S. The fourth-order valence-corrected chi connectivity index (χ4v) is 3.48. The van der Waals surface area contributed by atoms with Gasteiger partial charge in [-0.05, 0) is 103 Å². The Morgan fingerprint density at radius 2 is 1.42 bits per heavy atom. The van der Waals surface area contributed by atoms with Gasteiger partial charge in [0.25, 0.3) is 17.7 Å². The summed E-state index contributed by atoms with van der Waals surface area (Å²) in [6.07, 6.45) is 0. The maximum Gasteiger partial charge on any atom is 0.269 e. The molecule has 0 saturated carbocycles. The fourth-order valence-electron chi connectivity index (χ4n) is 2.82. The second-order valence-electron chi connectivity index (χ2n) is 7.23. The summed E-state index contributed by atoms with van der Waals surface area (Å²) in [6, 6.07) is 19.0. The van der Waals surface area contributed by atoms with Crippen molar-refractivity contribution in [2.75, 3.05) is 5.32 Å². The van der Waals surface area contributed by atoms with Crippen LogP contribution >= 0.6 is 34.8 Å². The van der Waals surface area contributed by atoms with Crippen LogP contribution in [0.5, 0.6) is 0 Å². The number of hydrazine groups is 1. The minimum absolute atomic E-state index is 0.0361. The van der Waals surface area contributed by atoms with Gasteiger partial charge in [-0.3, -0.25) is 30.6 Å². The molecule has 9 heteroatoms. The highest BCUT2D eigenvalue weighted by Gasteiger charge is 2.11. The summed E-state index contributed by atoms with van der Waals surface area (Å²) in [7, 11) is 0. The third-order valence-electron chi connectivity index (χ3n) is 4.64. The minimum Gasteiger partial charge on any atom is -0.322 e. The average molecular weight is 572 g/mol. The lowest BCUT2D eigenvalue weighted by Crippen LogP contribution is -2.48. The zero-order valence-electron chi connectivity index (χ0n) is 17.9. The van der Waals surface area contributed by atoms with Gasteiger partial charge in [0.15, 0.2) is 5.11 Å². The maximum absolute atomic E-state index is 12.3. The second-order valence-corrected chi connectivity index (χ2v) is 8.80. The molecule has 3 rings (SSSR count). The van der Waals surface area contributed by atoms with Gasteiger partial charge < -0.3 is 5.32 Å². The molecular weight excluding hydrogens is 551 g/mol. The van der Waals surface area contributed by atoms with Crippen molar-refractivity contribution in [3.05, 3.63) is 98.1 Å². The first-order valence-electron chi connectivity index (χ1n) is 9.89. The number of carbonyl (C=O) groups excluding carboxylic acids is 3. The van der Waals surface area contributed by atoms with Gasteiger partial charge in [-0.15, -0.1) is 0 Å². The molecule has 3 aromatic carbocycles. The summed E-state index contributed by atoms with van der Waals surface area (Å²) in [5.41, 5.74) is 8.92. The average Bonchev–Trinajstić information content (AvgIpc) is 2.79. The van der Waals surface area contributed by atoms with Crippen molar-refractivity contribution < 1.29 is 14.4 Å². The lowest BCUT2D eigenvalue weighted by Gasteiger charge is -2.12. The zero-order chi connectivity index (χ0) is 24.0. The van der Waals surface area contributed by atoms with Gasteiger partial charge in [0.1, 0.15) is 0 Å². The Morgan fingerprint density at radius 3 is 2.09 bits per heavy atom. The Kier molecular flexibility index (Phi) is 8.12. The summed E-state index contributed by atoms with van der Waals surface area (Å²) in [6.45, 7) is 3.87. The molecule has 0 aliphatic heterocycles. The first-order valence-corrected chi connectivity index (χ1v) is 11.4. The summed E-state index contributed by atoms with van der Waals surface area (Å²) in [4.78, 5) is 37.0. The first-order chi connectivity index (χ1) is 15.7. The Morgan fingerprint density at radius 1 is 0.758 bits per heavy atom. The van der Waals surface area contributed by atoms with Crippen LogP contribution in [0.4, 0.5) is 5.69 Å². The van der Waals surface area contributed by atoms with Gasteiger partial charge in [0.05, 0.1) is 0 Å². The van der Waals surface area contributed by atoms with Gasteiger partial charge in [-0.25, -0.2) is 0 Å². The van der Waals surface area contributed by atoms with Crippen LogP contribution in [-0.2, 0) is 0 Å². The molecule has 0 aromatic heterocycles. The number of halogens is 1. The molecule has 3 aromatic rings. The van der Waals surface area contributed by atoms with Crippen LogP contribution in [0.25, 0.3) is 0 Å². The van der Waals surface area contributed by atoms with Gasteiger partial charge in [0, 0.05) is 25.9 Å². The highest BCUT2D eigenvalue weighted by molar-refractivity contribution is 14.1. The van der Waals surface area contributed by atoms with Gasteiger partial charge in [0.2, 0.25) is 0 Å². The van der Waals surface area contributed by atoms with Crippen LogP contribution in [0.2, 0.25) is 0 Å². The highest BCUT2D eigenvalue weighted by Crippen LogP contribution is 2.14. The zero-order valence-corrected chi connectivity index (χ0v) is 20.8.